The fraction of sp³-hybridized carbons (Fsp3) is 0.200. The standard InChI is InChI=1S/C20H19BN2O4/c1-2-7-27-18-6-3-12(8-17(18)24)10-22-11-16-15-9-13(21)4-5-14(15)19(25)23-20(16)26/h3-6,8-9,11,24H,2,7,10H2,1H3,(H2,23,25,26). The molecule has 0 saturated heterocycles. The Morgan fingerprint density at radius 3 is 2.74 bits per heavy atom. The van der Waals surface area contributed by atoms with Crippen molar-refractivity contribution in [2.75, 3.05) is 6.61 Å². The minimum absolute atomic E-state index is 0.0567. The third kappa shape index (κ3) is 4.14. The van der Waals surface area contributed by atoms with Crippen molar-refractivity contribution in [3.63, 3.8) is 0 Å². The van der Waals surface area contributed by atoms with Crippen molar-refractivity contribution in [3.05, 3.63) is 57.9 Å². The van der Waals surface area contributed by atoms with Gasteiger partial charge in [0.15, 0.2) is 11.5 Å². The van der Waals surface area contributed by atoms with Gasteiger partial charge in [-0.25, -0.2) is 0 Å². The Hall–Kier alpha value is -3.22. The van der Waals surface area contributed by atoms with Crippen LogP contribution in [-0.2, 0) is 6.54 Å². The molecular weight excluding hydrogens is 343 g/mol. The number of pyridine rings is 1. The molecule has 0 bridgehead atoms. The third-order valence-electron chi connectivity index (χ3n) is 4.04. The number of phenolic OH excluding ortho intramolecular Hbond substituents is 1. The number of rotatable bonds is 6. The summed E-state index contributed by atoms with van der Waals surface area (Å²) < 4.78 is 5.43. The van der Waals surface area contributed by atoms with Crippen LogP contribution in [0.5, 0.6) is 17.4 Å². The van der Waals surface area contributed by atoms with Crippen molar-refractivity contribution < 1.29 is 14.9 Å². The van der Waals surface area contributed by atoms with Crippen molar-refractivity contribution in [1.82, 2.24) is 4.98 Å². The van der Waals surface area contributed by atoms with Crippen LogP contribution in [0.15, 0.2) is 46.2 Å². The summed E-state index contributed by atoms with van der Waals surface area (Å²) in [4.78, 5) is 18.7. The molecule has 3 aromatic rings. The number of aromatic amines is 1. The molecule has 3 rings (SSSR count). The van der Waals surface area contributed by atoms with E-state index >= 15 is 0 Å². The van der Waals surface area contributed by atoms with Crippen LogP contribution in [0.1, 0.15) is 24.5 Å². The number of hydrogen-bond donors (Lipinski definition) is 3. The molecule has 7 heteroatoms. The summed E-state index contributed by atoms with van der Waals surface area (Å²) in [6.45, 7) is 2.81. The fourth-order valence-electron chi connectivity index (χ4n) is 2.72. The Labute approximate surface area is 157 Å². The van der Waals surface area contributed by atoms with Crippen molar-refractivity contribution in [1.29, 1.82) is 0 Å². The summed E-state index contributed by atoms with van der Waals surface area (Å²) >= 11 is 0. The van der Waals surface area contributed by atoms with E-state index in [2.05, 4.69) is 9.98 Å². The normalized spacial score (nSPS) is 11.3. The third-order valence-corrected chi connectivity index (χ3v) is 4.04. The van der Waals surface area contributed by atoms with Gasteiger partial charge >= 0.3 is 0 Å². The molecule has 0 unspecified atom stereocenters. The maximum Gasteiger partial charge on any atom is 0.258 e. The molecule has 2 radical (unpaired) electrons. The van der Waals surface area contributed by atoms with E-state index in [1.165, 1.54) is 6.21 Å². The van der Waals surface area contributed by atoms with Crippen molar-refractivity contribution in [2.24, 2.45) is 4.99 Å². The second-order valence-corrected chi connectivity index (χ2v) is 6.14. The number of aromatic nitrogens is 1. The molecule has 0 aliphatic carbocycles. The van der Waals surface area contributed by atoms with E-state index in [9.17, 15) is 15.0 Å². The maximum atomic E-state index is 12.0. The predicted molar refractivity (Wildman–Crippen MR) is 107 cm³/mol. The first-order valence-corrected chi connectivity index (χ1v) is 8.58. The average molecular weight is 362 g/mol. The zero-order chi connectivity index (χ0) is 19.4. The number of hydrogen-bond acceptors (Lipinski definition) is 5. The highest BCUT2D eigenvalue weighted by Crippen LogP contribution is 2.27. The number of nitrogens with zero attached hydrogens (tertiary/aromatic N) is 1. The van der Waals surface area contributed by atoms with Crippen LogP contribution in [0.4, 0.5) is 0 Å². The highest BCUT2D eigenvalue weighted by Gasteiger charge is 2.09. The van der Waals surface area contributed by atoms with Gasteiger partial charge < -0.3 is 14.9 Å². The summed E-state index contributed by atoms with van der Waals surface area (Å²) in [5.41, 5.74) is 1.24. The van der Waals surface area contributed by atoms with E-state index in [4.69, 9.17) is 12.6 Å². The molecule has 0 atom stereocenters. The maximum absolute atomic E-state index is 12.0. The first-order chi connectivity index (χ1) is 13.0. The topological polar surface area (TPSA) is 94.9 Å². The Kier molecular flexibility index (Phi) is 5.50. The highest BCUT2D eigenvalue weighted by atomic mass is 16.5. The highest BCUT2D eigenvalue weighted by molar-refractivity contribution is 6.33. The number of ether oxygens (including phenoxy) is 1. The van der Waals surface area contributed by atoms with E-state index in [-0.39, 0.29) is 18.2 Å². The molecule has 6 nitrogen and oxygen atoms in total. The van der Waals surface area contributed by atoms with Gasteiger partial charge in [0.2, 0.25) is 5.88 Å². The van der Waals surface area contributed by atoms with Gasteiger partial charge in [-0.3, -0.25) is 14.8 Å². The van der Waals surface area contributed by atoms with Crippen molar-refractivity contribution >= 4 is 30.3 Å². The van der Waals surface area contributed by atoms with E-state index in [0.717, 1.165) is 12.0 Å². The molecule has 1 aromatic heterocycles. The van der Waals surface area contributed by atoms with Gasteiger partial charge in [0, 0.05) is 17.0 Å². The van der Waals surface area contributed by atoms with Gasteiger partial charge in [-0.05, 0) is 30.2 Å². The number of benzene rings is 2. The smallest absolute Gasteiger partial charge is 0.258 e. The molecule has 136 valence electrons. The zero-order valence-electron chi connectivity index (χ0n) is 14.9. The van der Waals surface area contributed by atoms with Gasteiger partial charge in [-0.2, -0.15) is 0 Å². The van der Waals surface area contributed by atoms with Crippen LogP contribution in [0.25, 0.3) is 10.8 Å². The van der Waals surface area contributed by atoms with Crippen LogP contribution in [0, 0.1) is 0 Å². The summed E-state index contributed by atoms with van der Waals surface area (Å²) in [5.74, 6) is 0.221. The second-order valence-electron chi connectivity index (χ2n) is 6.14. The van der Waals surface area contributed by atoms with E-state index in [1.807, 2.05) is 13.0 Å². The fourth-order valence-corrected chi connectivity index (χ4v) is 2.72. The molecule has 2 aromatic carbocycles. The van der Waals surface area contributed by atoms with E-state index in [0.29, 0.717) is 34.2 Å². The van der Waals surface area contributed by atoms with Crippen LogP contribution in [-0.4, -0.2) is 35.9 Å². The van der Waals surface area contributed by atoms with Crippen molar-refractivity contribution in [2.45, 2.75) is 19.9 Å². The van der Waals surface area contributed by atoms with Gasteiger partial charge in [0.05, 0.1) is 18.7 Å². The summed E-state index contributed by atoms with van der Waals surface area (Å²) in [6, 6.07) is 9.95. The molecule has 3 N–H and O–H groups in total. The molecule has 27 heavy (non-hydrogen) atoms. The van der Waals surface area contributed by atoms with Gasteiger partial charge in [0.25, 0.3) is 5.56 Å². The van der Waals surface area contributed by atoms with Gasteiger partial charge in [-0.15, -0.1) is 0 Å². The molecule has 0 amide bonds. The van der Waals surface area contributed by atoms with Gasteiger partial charge in [-0.1, -0.05) is 30.6 Å². The lowest BCUT2D eigenvalue weighted by Gasteiger charge is -2.08. The van der Waals surface area contributed by atoms with Crippen LogP contribution in [0.3, 0.4) is 0 Å². The van der Waals surface area contributed by atoms with Crippen LogP contribution >= 0.6 is 0 Å². The lowest BCUT2D eigenvalue weighted by atomic mass is 9.92. The lowest BCUT2D eigenvalue weighted by molar-refractivity contribution is 0.299. The Morgan fingerprint density at radius 2 is 2.00 bits per heavy atom. The Bertz CT molecular complexity index is 1060. The minimum atomic E-state index is -0.396. The zero-order valence-corrected chi connectivity index (χ0v) is 14.9. The molecule has 0 saturated carbocycles. The molecular formula is C20H19BN2O4. The summed E-state index contributed by atoms with van der Waals surface area (Å²) in [5, 5.41) is 21.0. The van der Waals surface area contributed by atoms with Crippen molar-refractivity contribution in [3.8, 4) is 17.4 Å². The molecule has 0 spiro atoms. The minimum Gasteiger partial charge on any atom is -0.504 e. The van der Waals surface area contributed by atoms with Gasteiger partial charge in [0.1, 0.15) is 7.85 Å². The molecule has 1 heterocycles. The quantitative estimate of drug-likeness (QED) is 0.463. The predicted octanol–water partition coefficient (Wildman–Crippen LogP) is 2.14. The van der Waals surface area contributed by atoms with Crippen LogP contribution in [0.2, 0.25) is 0 Å². The molecule has 0 aliphatic rings. The lowest BCUT2D eigenvalue weighted by Crippen LogP contribution is -2.11. The van der Waals surface area contributed by atoms with E-state index in [1.54, 1.807) is 30.3 Å². The van der Waals surface area contributed by atoms with Crippen LogP contribution < -0.4 is 15.8 Å². The first kappa shape index (κ1) is 18.6. The molecule has 0 fully saturated rings. The largest absolute Gasteiger partial charge is 0.504 e. The number of fused-ring (bicyclic) bond motifs is 1. The number of nitrogens with one attached hydrogen (secondary N) is 1. The SMILES string of the molecule is [B]c1ccc2c(=O)[nH]c(O)c(C=NCc3ccc(OCCC)c(O)c3)c2c1. The number of aromatic hydroxyl groups is 2. The number of phenols is 1. The number of aliphatic imine (C=N–C) groups is 1. The average Bonchev–Trinajstić information content (AvgIpc) is 2.63. The summed E-state index contributed by atoms with van der Waals surface area (Å²) in [7, 11) is 5.80. The number of H-pyrrole nitrogens is 1. The summed E-state index contributed by atoms with van der Waals surface area (Å²) in [6.07, 6.45) is 2.33. The Balaban J connectivity index is 1.86. The first-order valence-electron chi connectivity index (χ1n) is 8.58. The second kappa shape index (κ2) is 7.99. The van der Waals surface area contributed by atoms with E-state index < -0.39 is 5.56 Å². The Morgan fingerprint density at radius 1 is 1.19 bits per heavy atom. The molecule has 0 aliphatic heterocycles. The monoisotopic (exact) mass is 362 g/mol.